The fraction of sp³-hybridized carbons (Fsp3) is 0.562. The molecule has 1 aromatic carbocycles. The first-order valence-electron chi connectivity index (χ1n) is 7.55. The lowest BCUT2D eigenvalue weighted by atomic mass is 10.2. The van der Waals surface area contributed by atoms with E-state index >= 15 is 0 Å². The Labute approximate surface area is 136 Å². The fourth-order valence-corrected chi connectivity index (χ4v) is 3.49. The molecule has 1 saturated heterocycles. The molecule has 1 aliphatic heterocycles. The first-order valence-corrected chi connectivity index (χ1v) is 9.08. The lowest BCUT2D eigenvalue weighted by Crippen LogP contribution is -2.29. The molecule has 0 saturated carbocycles. The lowest BCUT2D eigenvalue weighted by molar-refractivity contribution is -0.118. The van der Waals surface area contributed by atoms with Crippen LogP contribution in [0.1, 0.15) is 24.8 Å². The Balaban J connectivity index is 1.51. The van der Waals surface area contributed by atoms with E-state index in [1.54, 1.807) is 11.8 Å². The van der Waals surface area contributed by atoms with E-state index in [0.717, 1.165) is 35.8 Å². The number of nitrogens with zero attached hydrogens (tertiary/aromatic N) is 1. The van der Waals surface area contributed by atoms with Crippen molar-refractivity contribution in [3.05, 3.63) is 34.9 Å². The van der Waals surface area contributed by atoms with E-state index in [1.807, 2.05) is 24.3 Å². The Hall–Kier alpha value is -0.710. The summed E-state index contributed by atoms with van der Waals surface area (Å²) in [4.78, 5) is 14.2. The van der Waals surface area contributed by atoms with Crippen LogP contribution in [-0.2, 0) is 10.5 Å². The van der Waals surface area contributed by atoms with Crippen molar-refractivity contribution in [1.82, 2.24) is 10.2 Å². The van der Waals surface area contributed by atoms with Gasteiger partial charge in [0.15, 0.2) is 0 Å². The Kier molecular flexibility index (Phi) is 7.41. The fourth-order valence-electron chi connectivity index (χ4n) is 2.48. The summed E-state index contributed by atoms with van der Waals surface area (Å²) in [5, 5.41) is 3.74. The number of benzene rings is 1. The molecule has 3 nitrogen and oxygen atoms in total. The van der Waals surface area contributed by atoms with Crippen LogP contribution in [-0.4, -0.2) is 42.7 Å². The highest BCUT2D eigenvalue weighted by molar-refractivity contribution is 7.99. The van der Waals surface area contributed by atoms with Gasteiger partial charge in [0.2, 0.25) is 5.91 Å². The van der Waals surface area contributed by atoms with E-state index in [9.17, 15) is 4.79 Å². The van der Waals surface area contributed by atoms with Crippen molar-refractivity contribution >= 4 is 29.3 Å². The van der Waals surface area contributed by atoms with Crippen molar-refractivity contribution in [3.63, 3.8) is 0 Å². The van der Waals surface area contributed by atoms with Crippen LogP contribution in [0.25, 0.3) is 0 Å². The summed E-state index contributed by atoms with van der Waals surface area (Å²) in [6.45, 7) is 4.34. The Morgan fingerprint density at radius 2 is 2.14 bits per heavy atom. The summed E-state index contributed by atoms with van der Waals surface area (Å²) in [5.74, 6) is 1.46. The standard InChI is InChI=1S/C16H23ClN2OS/c17-15-6-3-5-14(11-15)12-21-13-16(20)18-7-4-10-19-8-1-2-9-19/h3,5-6,11H,1-2,4,7-10,12-13H2,(H,18,20). The summed E-state index contributed by atoms with van der Waals surface area (Å²) in [5.41, 5.74) is 1.16. The molecule has 1 aliphatic rings. The molecule has 1 aromatic rings. The van der Waals surface area contributed by atoms with Gasteiger partial charge in [-0.2, -0.15) is 0 Å². The maximum atomic E-state index is 11.7. The van der Waals surface area contributed by atoms with Crippen LogP contribution in [0.3, 0.4) is 0 Å². The molecule has 1 N–H and O–H groups in total. The van der Waals surface area contributed by atoms with Gasteiger partial charge in [-0.25, -0.2) is 0 Å². The first-order chi connectivity index (χ1) is 10.2. The van der Waals surface area contributed by atoms with Crippen LogP contribution in [0.5, 0.6) is 0 Å². The predicted octanol–water partition coefficient (Wildman–Crippen LogP) is 3.18. The number of hydrogen-bond donors (Lipinski definition) is 1. The van der Waals surface area contributed by atoms with E-state index in [-0.39, 0.29) is 5.91 Å². The molecule has 2 rings (SSSR count). The number of hydrogen-bond acceptors (Lipinski definition) is 3. The van der Waals surface area contributed by atoms with E-state index in [4.69, 9.17) is 11.6 Å². The minimum atomic E-state index is 0.128. The summed E-state index contributed by atoms with van der Waals surface area (Å²) in [6, 6.07) is 7.79. The molecule has 0 aromatic heterocycles. The molecule has 1 heterocycles. The van der Waals surface area contributed by atoms with Crippen molar-refractivity contribution < 1.29 is 4.79 Å². The number of amides is 1. The molecular weight excluding hydrogens is 304 g/mol. The second-order valence-corrected chi connectivity index (χ2v) is 6.80. The van der Waals surface area contributed by atoms with Gasteiger partial charge in [-0.1, -0.05) is 23.7 Å². The number of thioether (sulfide) groups is 1. The molecule has 0 aliphatic carbocycles. The van der Waals surface area contributed by atoms with Crippen molar-refractivity contribution in [1.29, 1.82) is 0 Å². The van der Waals surface area contributed by atoms with Crippen LogP contribution < -0.4 is 5.32 Å². The SMILES string of the molecule is O=C(CSCc1cccc(Cl)c1)NCCCN1CCCC1. The second kappa shape index (κ2) is 9.34. The zero-order valence-electron chi connectivity index (χ0n) is 12.3. The third-order valence-electron chi connectivity index (χ3n) is 3.56. The number of carbonyl (C=O) groups excluding carboxylic acids is 1. The van der Waals surface area contributed by atoms with Gasteiger partial charge in [-0.05, 0) is 56.6 Å². The number of carbonyl (C=O) groups is 1. The van der Waals surface area contributed by atoms with Crippen LogP contribution in [0.4, 0.5) is 0 Å². The highest BCUT2D eigenvalue weighted by atomic mass is 35.5. The van der Waals surface area contributed by atoms with Crippen LogP contribution >= 0.6 is 23.4 Å². The first kappa shape index (κ1) is 16.7. The van der Waals surface area contributed by atoms with E-state index < -0.39 is 0 Å². The van der Waals surface area contributed by atoms with Gasteiger partial charge in [0.25, 0.3) is 0 Å². The molecule has 116 valence electrons. The predicted molar refractivity (Wildman–Crippen MR) is 90.9 cm³/mol. The Morgan fingerprint density at radius 3 is 2.90 bits per heavy atom. The largest absolute Gasteiger partial charge is 0.355 e. The molecule has 0 radical (unpaired) electrons. The molecular formula is C16H23ClN2OS. The quantitative estimate of drug-likeness (QED) is 0.745. The zero-order chi connectivity index (χ0) is 14.9. The smallest absolute Gasteiger partial charge is 0.230 e. The molecule has 0 bridgehead atoms. The highest BCUT2D eigenvalue weighted by Gasteiger charge is 2.10. The van der Waals surface area contributed by atoms with Crippen molar-refractivity contribution in [2.24, 2.45) is 0 Å². The molecule has 0 spiro atoms. The van der Waals surface area contributed by atoms with Crippen LogP contribution in [0, 0.1) is 0 Å². The molecule has 0 atom stereocenters. The molecule has 1 amide bonds. The highest BCUT2D eigenvalue weighted by Crippen LogP contribution is 2.16. The Bertz CT molecular complexity index is 450. The third kappa shape index (κ3) is 6.72. The van der Waals surface area contributed by atoms with Gasteiger partial charge in [0.05, 0.1) is 5.75 Å². The van der Waals surface area contributed by atoms with Gasteiger partial charge >= 0.3 is 0 Å². The summed E-state index contributed by atoms with van der Waals surface area (Å²) in [7, 11) is 0. The maximum Gasteiger partial charge on any atom is 0.230 e. The molecule has 0 unspecified atom stereocenters. The topological polar surface area (TPSA) is 32.3 Å². The molecule has 1 fully saturated rings. The molecule has 21 heavy (non-hydrogen) atoms. The van der Waals surface area contributed by atoms with Crippen molar-refractivity contribution in [3.8, 4) is 0 Å². The number of rotatable bonds is 8. The minimum absolute atomic E-state index is 0.128. The van der Waals surface area contributed by atoms with Crippen LogP contribution in [0.2, 0.25) is 5.02 Å². The van der Waals surface area contributed by atoms with Gasteiger partial charge in [-0.15, -0.1) is 11.8 Å². The van der Waals surface area contributed by atoms with Gasteiger partial charge in [0, 0.05) is 17.3 Å². The van der Waals surface area contributed by atoms with E-state index in [2.05, 4.69) is 10.2 Å². The van der Waals surface area contributed by atoms with E-state index in [0.29, 0.717) is 5.75 Å². The van der Waals surface area contributed by atoms with Gasteiger partial charge in [0.1, 0.15) is 0 Å². The van der Waals surface area contributed by atoms with Crippen LogP contribution in [0.15, 0.2) is 24.3 Å². The third-order valence-corrected chi connectivity index (χ3v) is 4.80. The number of nitrogens with one attached hydrogen (secondary N) is 1. The summed E-state index contributed by atoms with van der Waals surface area (Å²) < 4.78 is 0. The Morgan fingerprint density at radius 1 is 1.33 bits per heavy atom. The summed E-state index contributed by atoms with van der Waals surface area (Å²) in [6.07, 6.45) is 3.70. The minimum Gasteiger partial charge on any atom is -0.355 e. The number of halogens is 1. The monoisotopic (exact) mass is 326 g/mol. The average Bonchev–Trinajstić information content (AvgIpc) is 2.97. The number of likely N-dealkylation sites (tertiary alicyclic amines) is 1. The van der Waals surface area contributed by atoms with Crippen molar-refractivity contribution in [2.45, 2.75) is 25.0 Å². The van der Waals surface area contributed by atoms with Crippen molar-refractivity contribution in [2.75, 3.05) is 31.9 Å². The lowest BCUT2D eigenvalue weighted by Gasteiger charge is -2.14. The normalized spacial score (nSPS) is 15.3. The molecule has 5 heteroatoms. The second-order valence-electron chi connectivity index (χ2n) is 5.37. The van der Waals surface area contributed by atoms with E-state index in [1.165, 1.54) is 25.9 Å². The maximum absolute atomic E-state index is 11.7. The average molecular weight is 327 g/mol. The van der Waals surface area contributed by atoms with Gasteiger partial charge in [-0.3, -0.25) is 4.79 Å². The van der Waals surface area contributed by atoms with Gasteiger partial charge < -0.3 is 10.2 Å². The summed E-state index contributed by atoms with van der Waals surface area (Å²) >= 11 is 7.56. The zero-order valence-corrected chi connectivity index (χ0v) is 13.9.